The first kappa shape index (κ1) is 16.2. The van der Waals surface area contributed by atoms with E-state index in [1.165, 1.54) is 12.8 Å². The lowest BCUT2D eigenvalue weighted by Gasteiger charge is -2.32. The Morgan fingerprint density at radius 1 is 1.30 bits per heavy atom. The molecule has 5 nitrogen and oxygen atoms in total. The number of likely N-dealkylation sites (tertiary alicyclic amines) is 1. The molecule has 2 aliphatic rings. The Labute approximate surface area is 138 Å². The number of aryl methyl sites for hydroxylation is 1. The standard InChI is InChI=1S/C18H27N3O2/c1-14-2-3-15(12-20-14)6-9-19-18(22)21-10-7-17(8-11-21)23-13-16-4-5-16/h2-3,12,16-17H,4-11,13H2,1H3,(H,19,22). The summed E-state index contributed by atoms with van der Waals surface area (Å²) in [6.07, 6.45) is 7.63. The highest BCUT2D eigenvalue weighted by Gasteiger charge is 2.26. The molecular formula is C18H27N3O2. The van der Waals surface area contributed by atoms with E-state index >= 15 is 0 Å². The zero-order valence-electron chi connectivity index (χ0n) is 14.0. The summed E-state index contributed by atoms with van der Waals surface area (Å²) in [4.78, 5) is 18.4. The van der Waals surface area contributed by atoms with Gasteiger partial charge in [0, 0.05) is 38.1 Å². The fourth-order valence-electron chi connectivity index (χ4n) is 2.85. The smallest absolute Gasteiger partial charge is 0.317 e. The third kappa shape index (κ3) is 5.20. The molecule has 2 heterocycles. The van der Waals surface area contributed by atoms with Crippen molar-refractivity contribution in [3.8, 4) is 0 Å². The lowest BCUT2D eigenvalue weighted by molar-refractivity contribution is 0.00951. The zero-order valence-corrected chi connectivity index (χ0v) is 14.0. The van der Waals surface area contributed by atoms with Crippen molar-refractivity contribution in [3.63, 3.8) is 0 Å². The Bertz CT molecular complexity index is 506. The van der Waals surface area contributed by atoms with E-state index in [-0.39, 0.29) is 6.03 Å². The van der Waals surface area contributed by atoms with Crippen LogP contribution in [0.3, 0.4) is 0 Å². The molecule has 1 saturated heterocycles. The van der Waals surface area contributed by atoms with Gasteiger partial charge in [-0.2, -0.15) is 0 Å². The van der Waals surface area contributed by atoms with Gasteiger partial charge in [0.25, 0.3) is 0 Å². The molecule has 1 aromatic rings. The molecular weight excluding hydrogens is 290 g/mol. The van der Waals surface area contributed by atoms with Crippen LogP contribution in [0.2, 0.25) is 0 Å². The van der Waals surface area contributed by atoms with Crippen LogP contribution in [0.4, 0.5) is 4.79 Å². The van der Waals surface area contributed by atoms with Gasteiger partial charge >= 0.3 is 6.03 Å². The van der Waals surface area contributed by atoms with Crippen molar-refractivity contribution < 1.29 is 9.53 Å². The van der Waals surface area contributed by atoms with Gasteiger partial charge in [-0.25, -0.2) is 4.79 Å². The molecule has 5 heteroatoms. The lowest BCUT2D eigenvalue weighted by atomic mass is 10.1. The van der Waals surface area contributed by atoms with Gasteiger partial charge in [-0.05, 0) is 56.6 Å². The van der Waals surface area contributed by atoms with Crippen LogP contribution in [-0.2, 0) is 11.2 Å². The first-order chi connectivity index (χ1) is 11.2. The second kappa shape index (κ2) is 7.77. The minimum atomic E-state index is 0.0470. The van der Waals surface area contributed by atoms with Crippen LogP contribution in [0.15, 0.2) is 18.3 Å². The highest BCUT2D eigenvalue weighted by molar-refractivity contribution is 5.74. The number of carbonyl (C=O) groups excluding carboxylic acids is 1. The largest absolute Gasteiger partial charge is 0.378 e. The van der Waals surface area contributed by atoms with E-state index in [1.807, 2.05) is 24.1 Å². The Morgan fingerprint density at radius 3 is 2.74 bits per heavy atom. The van der Waals surface area contributed by atoms with Gasteiger partial charge in [-0.1, -0.05) is 6.07 Å². The number of hydrogen-bond acceptors (Lipinski definition) is 3. The number of pyridine rings is 1. The van der Waals surface area contributed by atoms with E-state index in [4.69, 9.17) is 4.74 Å². The molecule has 3 rings (SSSR count). The van der Waals surface area contributed by atoms with E-state index in [1.54, 1.807) is 0 Å². The van der Waals surface area contributed by atoms with E-state index < -0.39 is 0 Å². The summed E-state index contributed by atoms with van der Waals surface area (Å²) in [6.45, 7) is 5.15. The highest BCUT2D eigenvalue weighted by atomic mass is 16.5. The van der Waals surface area contributed by atoms with Gasteiger partial charge in [0.1, 0.15) is 0 Å². The van der Waals surface area contributed by atoms with Crippen molar-refractivity contribution in [2.45, 2.75) is 45.1 Å². The molecule has 0 unspecified atom stereocenters. The van der Waals surface area contributed by atoms with Crippen molar-refractivity contribution in [2.24, 2.45) is 5.92 Å². The third-order valence-corrected chi connectivity index (χ3v) is 4.66. The molecule has 1 aliphatic heterocycles. The number of amides is 2. The van der Waals surface area contributed by atoms with Gasteiger partial charge in [0.05, 0.1) is 6.10 Å². The predicted molar refractivity (Wildman–Crippen MR) is 89.3 cm³/mol. The molecule has 2 fully saturated rings. The molecule has 0 aromatic carbocycles. The van der Waals surface area contributed by atoms with Gasteiger partial charge in [-0.3, -0.25) is 4.98 Å². The summed E-state index contributed by atoms with van der Waals surface area (Å²) >= 11 is 0. The van der Waals surface area contributed by atoms with Crippen molar-refractivity contribution in [2.75, 3.05) is 26.2 Å². The van der Waals surface area contributed by atoms with Crippen molar-refractivity contribution >= 4 is 6.03 Å². The average molecular weight is 317 g/mol. The molecule has 2 amide bonds. The number of urea groups is 1. The number of carbonyl (C=O) groups is 1. The number of hydrogen-bond donors (Lipinski definition) is 1. The van der Waals surface area contributed by atoms with Gasteiger partial charge in [0.15, 0.2) is 0 Å². The molecule has 23 heavy (non-hydrogen) atoms. The van der Waals surface area contributed by atoms with E-state index in [0.717, 1.165) is 56.1 Å². The van der Waals surface area contributed by atoms with Crippen molar-refractivity contribution in [1.29, 1.82) is 0 Å². The number of nitrogens with zero attached hydrogens (tertiary/aromatic N) is 2. The summed E-state index contributed by atoms with van der Waals surface area (Å²) in [5.41, 5.74) is 2.17. The summed E-state index contributed by atoms with van der Waals surface area (Å²) in [5.74, 6) is 0.813. The second-order valence-electron chi connectivity index (χ2n) is 6.75. The number of piperidine rings is 1. The minimum absolute atomic E-state index is 0.0470. The van der Waals surface area contributed by atoms with Crippen molar-refractivity contribution in [1.82, 2.24) is 15.2 Å². The number of nitrogens with one attached hydrogen (secondary N) is 1. The minimum Gasteiger partial charge on any atom is -0.378 e. The van der Waals surface area contributed by atoms with Gasteiger partial charge < -0.3 is 15.0 Å². The molecule has 0 radical (unpaired) electrons. The van der Waals surface area contributed by atoms with Crippen LogP contribution in [-0.4, -0.2) is 48.3 Å². The monoisotopic (exact) mass is 317 g/mol. The number of ether oxygens (including phenoxy) is 1. The quantitative estimate of drug-likeness (QED) is 0.877. The van der Waals surface area contributed by atoms with Crippen molar-refractivity contribution in [3.05, 3.63) is 29.6 Å². The molecule has 1 aliphatic carbocycles. The van der Waals surface area contributed by atoms with E-state index in [2.05, 4.69) is 16.4 Å². The fourth-order valence-corrected chi connectivity index (χ4v) is 2.85. The average Bonchev–Trinajstić information content (AvgIpc) is 3.39. The SMILES string of the molecule is Cc1ccc(CCNC(=O)N2CCC(OCC3CC3)CC2)cn1. The predicted octanol–water partition coefficient (Wildman–Crippen LogP) is 2.53. The maximum absolute atomic E-state index is 12.2. The van der Waals surface area contributed by atoms with Crippen LogP contribution in [0, 0.1) is 12.8 Å². The Hall–Kier alpha value is -1.62. The molecule has 0 spiro atoms. The first-order valence-electron chi connectivity index (χ1n) is 8.76. The Morgan fingerprint density at radius 2 is 2.09 bits per heavy atom. The fraction of sp³-hybridized carbons (Fsp3) is 0.667. The molecule has 1 N–H and O–H groups in total. The summed E-state index contributed by atoms with van der Waals surface area (Å²) in [7, 11) is 0. The van der Waals surface area contributed by atoms with Gasteiger partial charge in [-0.15, -0.1) is 0 Å². The topological polar surface area (TPSA) is 54.5 Å². The van der Waals surface area contributed by atoms with Crippen LogP contribution in [0.1, 0.15) is 36.9 Å². The third-order valence-electron chi connectivity index (χ3n) is 4.66. The summed E-state index contributed by atoms with van der Waals surface area (Å²) < 4.78 is 5.92. The normalized spacial score (nSPS) is 18.9. The van der Waals surface area contributed by atoms with Crippen LogP contribution < -0.4 is 5.32 Å². The molecule has 1 aromatic heterocycles. The molecule has 126 valence electrons. The van der Waals surface area contributed by atoms with Crippen LogP contribution >= 0.6 is 0 Å². The molecule has 1 saturated carbocycles. The summed E-state index contributed by atoms with van der Waals surface area (Å²) in [5, 5.41) is 3.01. The number of aromatic nitrogens is 1. The number of rotatable bonds is 6. The van der Waals surface area contributed by atoms with E-state index in [9.17, 15) is 4.79 Å². The van der Waals surface area contributed by atoms with Crippen LogP contribution in [0.5, 0.6) is 0 Å². The highest BCUT2D eigenvalue weighted by Crippen LogP contribution is 2.30. The van der Waals surface area contributed by atoms with E-state index in [0.29, 0.717) is 12.6 Å². The van der Waals surface area contributed by atoms with Gasteiger partial charge in [0.2, 0.25) is 0 Å². The first-order valence-corrected chi connectivity index (χ1v) is 8.76. The second-order valence-corrected chi connectivity index (χ2v) is 6.75. The Kier molecular flexibility index (Phi) is 5.49. The summed E-state index contributed by atoms with van der Waals surface area (Å²) in [6, 6.07) is 4.12. The van der Waals surface area contributed by atoms with Crippen LogP contribution in [0.25, 0.3) is 0 Å². The lowest BCUT2D eigenvalue weighted by Crippen LogP contribution is -2.46. The molecule has 0 atom stereocenters. The maximum Gasteiger partial charge on any atom is 0.317 e. The maximum atomic E-state index is 12.2. The Balaban J connectivity index is 1.31. The zero-order chi connectivity index (χ0) is 16.1. The molecule has 0 bridgehead atoms.